The minimum atomic E-state index is -0.0157. The Labute approximate surface area is 161 Å². The molecular weight excluding hydrogens is 342 g/mol. The van der Waals surface area contributed by atoms with Crippen molar-refractivity contribution < 1.29 is 4.79 Å². The maximum atomic E-state index is 11.9. The van der Waals surface area contributed by atoms with E-state index in [1.54, 1.807) is 31.1 Å². The van der Waals surface area contributed by atoms with E-state index in [0.717, 1.165) is 12.1 Å². The molecule has 0 aliphatic carbocycles. The van der Waals surface area contributed by atoms with E-state index in [1.807, 2.05) is 12.1 Å². The molecule has 0 aliphatic rings. The highest BCUT2D eigenvalue weighted by atomic mass is 32.1. The first-order chi connectivity index (χ1) is 12.3. The summed E-state index contributed by atoms with van der Waals surface area (Å²) in [5.41, 5.74) is 5.31. The first kappa shape index (κ1) is 19.9. The summed E-state index contributed by atoms with van der Waals surface area (Å²) in [5, 5.41) is 7.14. The largest absolute Gasteiger partial charge is 0.356 e. The molecule has 0 radical (unpaired) electrons. The molecule has 0 aromatic heterocycles. The molecule has 0 saturated carbocycles. The standard InChI is InChI=1S/C21H27N3OS/c1-6-19(17-8-7-14(2)15(3)13-17)23-21(26)22-18-11-9-16(10-12-18)20(25)24(4)5/h7-13,19H,6H2,1-5H3,(H2,22,23,26)/t19-/m0/s1. The van der Waals surface area contributed by atoms with Crippen molar-refractivity contribution in [1.29, 1.82) is 0 Å². The van der Waals surface area contributed by atoms with Gasteiger partial charge in [-0.2, -0.15) is 0 Å². The lowest BCUT2D eigenvalue weighted by Crippen LogP contribution is -2.32. The highest BCUT2D eigenvalue weighted by Gasteiger charge is 2.12. The molecule has 1 atom stereocenters. The van der Waals surface area contributed by atoms with Gasteiger partial charge in [0.15, 0.2) is 5.11 Å². The third-order valence-electron chi connectivity index (χ3n) is 4.44. The number of nitrogens with zero attached hydrogens (tertiary/aromatic N) is 1. The number of anilines is 1. The fourth-order valence-electron chi connectivity index (χ4n) is 2.68. The molecule has 0 aliphatic heterocycles. The summed E-state index contributed by atoms with van der Waals surface area (Å²) in [7, 11) is 3.48. The maximum absolute atomic E-state index is 11.9. The number of hydrogen-bond donors (Lipinski definition) is 2. The predicted octanol–water partition coefficient (Wildman–Crippen LogP) is 4.44. The van der Waals surface area contributed by atoms with Crippen molar-refractivity contribution in [3.05, 3.63) is 64.7 Å². The highest BCUT2D eigenvalue weighted by Crippen LogP contribution is 2.20. The second-order valence-corrected chi connectivity index (χ2v) is 7.09. The van der Waals surface area contributed by atoms with E-state index in [2.05, 4.69) is 49.6 Å². The van der Waals surface area contributed by atoms with Crippen LogP contribution in [0.3, 0.4) is 0 Å². The Balaban J connectivity index is 2.02. The lowest BCUT2D eigenvalue weighted by molar-refractivity contribution is 0.0827. The summed E-state index contributed by atoms with van der Waals surface area (Å²) in [5.74, 6) is -0.0157. The van der Waals surface area contributed by atoms with Gasteiger partial charge in [-0.05, 0) is 73.4 Å². The van der Waals surface area contributed by atoms with Crippen LogP contribution in [0.2, 0.25) is 0 Å². The van der Waals surface area contributed by atoms with Crippen LogP contribution in [0.15, 0.2) is 42.5 Å². The molecule has 2 rings (SSSR count). The lowest BCUT2D eigenvalue weighted by atomic mass is 9.99. The van der Waals surface area contributed by atoms with Gasteiger partial charge in [0, 0.05) is 25.3 Å². The van der Waals surface area contributed by atoms with Crippen molar-refractivity contribution in [2.45, 2.75) is 33.2 Å². The molecule has 0 unspecified atom stereocenters. The number of carbonyl (C=O) groups is 1. The molecule has 0 bridgehead atoms. The molecule has 1 amide bonds. The summed E-state index contributed by atoms with van der Waals surface area (Å²) in [6, 6.07) is 14.0. The topological polar surface area (TPSA) is 44.4 Å². The van der Waals surface area contributed by atoms with E-state index in [-0.39, 0.29) is 11.9 Å². The lowest BCUT2D eigenvalue weighted by Gasteiger charge is -2.21. The molecule has 0 fully saturated rings. The molecule has 2 N–H and O–H groups in total. The smallest absolute Gasteiger partial charge is 0.253 e. The van der Waals surface area contributed by atoms with Gasteiger partial charge in [0.1, 0.15) is 0 Å². The Hall–Kier alpha value is -2.40. The van der Waals surface area contributed by atoms with E-state index in [1.165, 1.54) is 16.7 Å². The number of thiocarbonyl (C=S) groups is 1. The van der Waals surface area contributed by atoms with Crippen molar-refractivity contribution in [1.82, 2.24) is 10.2 Å². The van der Waals surface area contributed by atoms with Gasteiger partial charge in [-0.15, -0.1) is 0 Å². The molecule has 0 heterocycles. The number of nitrogens with one attached hydrogen (secondary N) is 2. The van der Waals surface area contributed by atoms with E-state index < -0.39 is 0 Å². The molecule has 2 aromatic carbocycles. The van der Waals surface area contributed by atoms with Crippen LogP contribution in [0, 0.1) is 13.8 Å². The first-order valence-electron chi connectivity index (χ1n) is 8.78. The first-order valence-corrected chi connectivity index (χ1v) is 9.19. The van der Waals surface area contributed by atoms with E-state index in [4.69, 9.17) is 12.2 Å². The normalized spacial score (nSPS) is 11.6. The van der Waals surface area contributed by atoms with Crippen molar-refractivity contribution >= 4 is 28.9 Å². The summed E-state index contributed by atoms with van der Waals surface area (Å²) in [6.07, 6.45) is 0.931. The Kier molecular flexibility index (Phi) is 6.75. The number of carbonyl (C=O) groups excluding carboxylic acids is 1. The highest BCUT2D eigenvalue weighted by molar-refractivity contribution is 7.80. The summed E-state index contributed by atoms with van der Waals surface area (Å²) in [6.45, 7) is 6.38. The van der Waals surface area contributed by atoms with Gasteiger partial charge in [0.05, 0.1) is 6.04 Å². The summed E-state index contributed by atoms with van der Waals surface area (Å²) in [4.78, 5) is 13.5. The molecule has 26 heavy (non-hydrogen) atoms. The van der Waals surface area contributed by atoms with Gasteiger partial charge in [-0.3, -0.25) is 4.79 Å². The van der Waals surface area contributed by atoms with Crippen molar-refractivity contribution in [3.63, 3.8) is 0 Å². The van der Waals surface area contributed by atoms with Crippen molar-refractivity contribution in [2.75, 3.05) is 19.4 Å². The third-order valence-corrected chi connectivity index (χ3v) is 4.66. The molecule has 2 aromatic rings. The zero-order valence-electron chi connectivity index (χ0n) is 16.1. The molecule has 0 saturated heterocycles. The quantitative estimate of drug-likeness (QED) is 0.765. The van der Waals surface area contributed by atoms with Gasteiger partial charge >= 0.3 is 0 Å². The molecule has 138 valence electrons. The van der Waals surface area contributed by atoms with Gasteiger partial charge in [0.25, 0.3) is 5.91 Å². The minimum Gasteiger partial charge on any atom is -0.356 e. The Morgan fingerprint density at radius 1 is 1.08 bits per heavy atom. The van der Waals surface area contributed by atoms with Crippen LogP contribution in [0.4, 0.5) is 5.69 Å². The van der Waals surface area contributed by atoms with Crippen LogP contribution < -0.4 is 10.6 Å². The predicted molar refractivity (Wildman–Crippen MR) is 113 cm³/mol. The van der Waals surface area contributed by atoms with E-state index >= 15 is 0 Å². The number of rotatable bonds is 5. The Bertz CT molecular complexity index is 784. The van der Waals surface area contributed by atoms with E-state index in [9.17, 15) is 4.79 Å². The van der Waals surface area contributed by atoms with Crippen molar-refractivity contribution in [3.8, 4) is 0 Å². The van der Waals surface area contributed by atoms with E-state index in [0.29, 0.717) is 10.7 Å². The van der Waals surface area contributed by atoms with Gasteiger partial charge in [0.2, 0.25) is 0 Å². The van der Waals surface area contributed by atoms with Crippen LogP contribution in [-0.2, 0) is 0 Å². The summed E-state index contributed by atoms with van der Waals surface area (Å²) >= 11 is 5.47. The zero-order chi connectivity index (χ0) is 19.3. The minimum absolute atomic E-state index is 0.0157. The number of benzene rings is 2. The van der Waals surface area contributed by atoms with Crippen LogP contribution in [0.25, 0.3) is 0 Å². The van der Waals surface area contributed by atoms with Crippen molar-refractivity contribution in [2.24, 2.45) is 0 Å². The van der Waals surface area contributed by atoms with Crippen LogP contribution in [0.1, 0.15) is 46.4 Å². The Morgan fingerprint density at radius 3 is 2.27 bits per heavy atom. The Morgan fingerprint density at radius 2 is 1.73 bits per heavy atom. The molecule has 4 nitrogen and oxygen atoms in total. The fraction of sp³-hybridized carbons (Fsp3) is 0.333. The van der Waals surface area contributed by atoms with Crippen LogP contribution in [0.5, 0.6) is 0 Å². The van der Waals surface area contributed by atoms with Gasteiger partial charge in [-0.25, -0.2) is 0 Å². The van der Waals surface area contributed by atoms with Gasteiger partial charge < -0.3 is 15.5 Å². The number of aryl methyl sites for hydroxylation is 2. The average molecular weight is 370 g/mol. The second kappa shape index (κ2) is 8.81. The molecular formula is C21H27N3OS. The third kappa shape index (κ3) is 5.05. The summed E-state index contributed by atoms with van der Waals surface area (Å²) < 4.78 is 0. The van der Waals surface area contributed by atoms with Crippen LogP contribution in [-0.4, -0.2) is 30.0 Å². The van der Waals surface area contributed by atoms with Crippen LogP contribution >= 0.6 is 12.2 Å². The fourth-order valence-corrected chi connectivity index (χ4v) is 2.94. The maximum Gasteiger partial charge on any atom is 0.253 e. The second-order valence-electron chi connectivity index (χ2n) is 6.68. The SMILES string of the molecule is CC[C@H](NC(=S)Nc1ccc(C(=O)N(C)C)cc1)c1ccc(C)c(C)c1. The number of amides is 1. The monoisotopic (exact) mass is 369 g/mol. The average Bonchev–Trinajstić information content (AvgIpc) is 2.62. The number of hydrogen-bond acceptors (Lipinski definition) is 2. The molecule has 5 heteroatoms. The zero-order valence-corrected chi connectivity index (χ0v) is 16.9. The molecule has 0 spiro atoms. The van der Waals surface area contributed by atoms with Gasteiger partial charge in [-0.1, -0.05) is 25.1 Å².